The number of nitrogens with two attached hydrogens (primary N) is 1. The number of nitrogens with zero attached hydrogens (tertiary/aromatic N) is 1. The standard InChI is InChI=1S/C12H19N3O3S/c1-3-12(5-4-6-12)14-11(16)10-7-9(8-15(10)2)19(13,17)18/h7-8H,3-6H2,1-2H3,(H,14,16)(H2,13,17,18). The van der Waals surface area contributed by atoms with E-state index in [-0.39, 0.29) is 16.3 Å². The van der Waals surface area contributed by atoms with Crippen LogP contribution in [0.5, 0.6) is 0 Å². The van der Waals surface area contributed by atoms with Crippen molar-refractivity contribution < 1.29 is 13.2 Å². The van der Waals surface area contributed by atoms with Gasteiger partial charge in [-0.25, -0.2) is 13.6 Å². The summed E-state index contributed by atoms with van der Waals surface area (Å²) in [6.45, 7) is 2.04. The molecule has 7 heteroatoms. The lowest BCUT2D eigenvalue weighted by molar-refractivity contribution is 0.0812. The van der Waals surface area contributed by atoms with Gasteiger partial charge in [-0.1, -0.05) is 6.92 Å². The first-order valence-corrected chi connectivity index (χ1v) is 7.84. The smallest absolute Gasteiger partial charge is 0.268 e. The quantitative estimate of drug-likeness (QED) is 0.854. The number of aryl methyl sites for hydroxylation is 1. The SMILES string of the molecule is CCC1(NC(=O)c2cc(S(N)(=O)=O)cn2C)CCC1. The van der Waals surface area contributed by atoms with Crippen LogP contribution in [-0.2, 0) is 17.1 Å². The molecule has 1 aromatic heterocycles. The average molecular weight is 285 g/mol. The number of carbonyl (C=O) groups excluding carboxylic acids is 1. The molecule has 1 aliphatic carbocycles. The second-order valence-electron chi connectivity index (χ2n) is 5.16. The maximum Gasteiger partial charge on any atom is 0.268 e. The summed E-state index contributed by atoms with van der Waals surface area (Å²) in [6, 6.07) is 1.31. The largest absolute Gasteiger partial charge is 0.345 e. The Morgan fingerprint density at radius 1 is 1.53 bits per heavy atom. The second kappa shape index (κ2) is 4.64. The van der Waals surface area contributed by atoms with Gasteiger partial charge in [-0.05, 0) is 31.7 Å². The Morgan fingerprint density at radius 3 is 2.53 bits per heavy atom. The van der Waals surface area contributed by atoms with Gasteiger partial charge in [-0.2, -0.15) is 0 Å². The zero-order chi connectivity index (χ0) is 14.3. The Morgan fingerprint density at radius 2 is 2.16 bits per heavy atom. The lowest BCUT2D eigenvalue weighted by Crippen LogP contribution is -2.53. The third-order valence-corrected chi connectivity index (χ3v) is 4.79. The van der Waals surface area contributed by atoms with Crippen molar-refractivity contribution in [2.24, 2.45) is 12.2 Å². The van der Waals surface area contributed by atoms with Gasteiger partial charge in [0.1, 0.15) is 10.6 Å². The van der Waals surface area contributed by atoms with Gasteiger partial charge in [0.2, 0.25) is 10.0 Å². The molecule has 0 bridgehead atoms. The monoisotopic (exact) mass is 285 g/mol. The molecule has 19 heavy (non-hydrogen) atoms. The Bertz CT molecular complexity index is 594. The fourth-order valence-corrected chi connectivity index (χ4v) is 2.97. The van der Waals surface area contributed by atoms with Crippen molar-refractivity contribution in [3.05, 3.63) is 18.0 Å². The lowest BCUT2D eigenvalue weighted by atomic mass is 9.75. The molecule has 0 spiro atoms. The number of hydrogen-bond donors (Lipinski definition) is 2. The predicted octanol–water partition coefficient (Wildman–Crippen LogP) is 0.735. The summed E-state index contributed by atoms with van der Waals surface area (Å²) >= 11 is 0. The van der Waals surface area contributed by atoms with E-state index in [4.69, 9.17) is 5.14 Å². The highest BCUT2D eigenvalue weighted by atomic mass is 32.2. The van der Waals surface area contributed by atoms with Gasteiger partial charge in [0.15, 0.2) is 0 Å². The third-order valence-electron chi connectivity index (χ3n) is 3.91. The molecular formula is C12H19N3O3S. The Kier molecular flexibility index (Phi) is 3.44. The Labute approximate surface area is 113 Å². The molecule has 0 aliphatic heterocycles. The minimum atomic E-state index is -3.78. The Hall–Kier alpha value is -1.34. The highest BCUT2D eigenvalue weighted by molar-refractivity contribution is 7.89. The van der Waals surface area contributed by atoms with Gasteiger partial charge in [0.25, 0.3) is 5.91 Å². The molecule has 1 fully saturated rings. The second-order valence-corrected chi connectivity index (χ2v) is 6.72. The first kappa shape index (κ1) is 14.1. The van der Waals surface area contributed by atoms with Gasteiger partial charge in [0, 0.05) is 18.8 Å². The first-order chi connectivity index (χ1) is 8.77. The zero-order valence-electron chi connectivity index (χ0n) is 11.1. The molecule has 0 unspecified atom stereocenters. The van der Waals surface area contributed by atoms with Crippen molar-refractivity contribution in [1.29, 1.82) is 0 Å². The number of primary sulfonamides is 1. The van der Waals surface area contributed by atoms with Gasteiger partial charge in [-0.15, -0.1) is 0 Å². The summed E-state index contributed by atoms with van der Waals surface area (Å²) in [5.41, 5.74) is 0.187. The molecule has 1 aliphatic rings. The number of sulfonamides is 1. The molecule has 0 saturated heterocycles. The molecule has 1 heterocycles. The van der Waals surface area contributed by atoms with Gasteiger partial charge in [-0.3, -0.25) is 4.79 Å². The van der Waals surface area contributed by atoms with Crippen LogP contribution in [0.2, 0.25) is 0 Å². The number of aromatic nitrogens is 1. The number of rotatable bonds is 4. The molecule has 1 amide bonds. The van der Waals surface area contributed by atoms with Crippen LogP contribution < -0.4 is 10.5 Å². The van der Waals surface area contributed by atoms with Crippen LogP contribution in [0.15, 0.2) is 17.2 Å². The first-order valence-electron chi connectivity index (χ1n) is 6.29. The fourth-order valence-electron chi connectivity index (χ4n) is 2.39. The van der Waals surface area contributed by atoms with Crippen molar-refractivity contribution in [2.75, 3.05) is 0 Å². The van der Waals surface area contributed by atoms with Crippen LogP contribution in [0, 0.1) is 0 Å². The predicted molar refractivity (Wildman–Crippen MR) is 71.1 cm³/mol. The number of nitrogens with one attached hydrogen (secondary N) is 1. The van der Waals surface area contributed by atoms with Crippen LogP contribution in [0.4, 0.5) is 0 Å². The van der Waals surface area contributed by atoms with Crippen LogP contribution in [0.3, 0.4) is 0 Å². The Balaban J connectivity index is 2.22. The van der Waals surface area contributed by atoms with E-state index in [0.29, 0.717) is 5.69 Å². The van der Waals surface area contributed by atoms with E-state index in [2.05, 4.69) is 5.32 Å². The molecule has 6 nitrogen and oxygen atoms in total. The van der Waals surface area contributed by atoms with E-state index in [1.165, 1.54) is 16.8 Å². The summed E-state index contributed by atoms with van der Waals surface area (Å²) in [6.07, 6.45) is 5.29. The summed E-state index contributed by atoms with van der Waals surface area (Å²) in [7, 11) is -2.15. The minimum absolute atomic E-state index is 0.0423. The minimum Gasteiger partial charge on any atom is -0.345 e. The summed E-state index contributed by atoms with van der Waals surface area (Å²) in [5.74, 6) is -0.251. The maximum atomic E-state index is 12.2. The topological polar surface area (TPSA) is 94.2 Å². The molecular weight excluding hydrogens is 266 g/mol. The molecule has 1 aromatic rings. The molecule has 1 saturated carbocycles. The van der Waals surface area contributed by atoms with Crippen molar-refractivity contribution in [3.8, 4) is 0 Å². The van der Waals surface area contributed by atoms with E-state index in [0.717, 1.165) is 25.7 Å². The molecule has 0 radical (unpaired) electrons. The van der Waals surface area contributed by atoms with E-state index in [1.54, 1.807) is 7.05 Å². The number of hydrogen-bond acceptors (Lipinski definition) is 3. The van der Waals surface area contributed by atoms with Crippen LogP contribution >= 0.6 is 0 Å². The fraction of sp³-hybridized carbons (Fsp3) is 0.583. The average Bonchev–Trinajstić information content (AvgIpc) is 2.65. The highest BCUT2D eigenvalue weighted by Crippen LogP contribution is 2.34. The van der Waals surface area contributed by atoms with Crippen LogP contribution in [0.1, 0.15) is 43.1 Å². The molecule has 0 aromatic carbocycles. The van der Waals surface area contributed by atoms with Crippen molar-refractivity contribution in [1.82, 2.24) is 9.88 Å². The van der Waals surface area contributed by atoms with Gasteiger partial charge >= 0.3 is 0 Å². The molecule has 0 atom stereocenters. The van der Waals surface area contributed by atoms with Crippen molar-refractivity contribution >= 4 is 15.9 Å². The van der Waals surface area contributed by atoms with Gasteiger partial charge < -0.3 is 9.88 Å². The normalized spacial score (nSPS) is 17.8. The number of carbonyl (C=O) groups is 1. The van der Waals surface area contributed by atoms with Crippen LogP contribution in [-0.4, -0.2) is 24.4 Å². The molecule has 3 N–H and O–H groups in total. The molecule has 2 rings (SSSR count). The van der Waals surface area contributed by atoms with E-state index >= 15 is 0 Å². The van der Waals surface area contributed by atoms with Gasteiger partial charge in [0.05, 0.1) is 0 Å². The van der Waals surface area contributed by atoms with E-state index < -0.39 is 10.0 Å². The molecule has 106 valence electrons. The summed E-state index contributed by atoms with van der Waals surface area (Å²) in [4.78, 5) is 12.2. The highest BCUT2D eigenvalue weighted by Gasteiger charge is 2.37. The summed E-state index contributed by atoms with van der Waals surface area (Å²) in [5, 5.41) is 8.06. The van der Waals surface area contributed by atoms with E-state index in [9.17, 15) is 13.2 Å². The summed E-state index contributed by atoms with van der Waals surface area (Å²) < 4.78 is 24.0. The van der Waals surface area contributed by atoms with Crippen molar-refractivity contribution in [2.45, 2.75) is 43.0 Å². The van der Waals surface area contributed by atoms with Crippen molar-refractivity contribution in [3.63, 3.8) is 0 Å². The lowest BCUT2D eigenvalue weighted by Gasteiger charge is -2.42. The third kappa shape index (κ3) is 2.66. The zero-order valence-corrected chi connectivity index (χ0v) is 12.0. The van der Waals surface area contributed by atoms with E-state index in [1.807, 2.05) is 6.92 Å². The number of amides is 1. The maximum absolute atomic E-state index is 12.2. The van der Waals surface area contributed by atoms with Crippen LogP contribution in [0.25, 0.3) is 0 Å².